The number of carboxylic acids is 1. The Morgan fingerprint density at radius 3 is 2.32 bits per heavy atom. The molecule has 1 atom stereocenters. The summed E-state index contributed by atoms with van der Waals surface area (Å²) < 4.78 is 17.6. The van der Waals surface area contributed by atoms with E-state index in [1.807, 2.05) is 45.0 Å². The van der Waals surface area contributed by atoms with Crippen molar-refractivity contribution in [3.05, 3.63) is 59.8 Å². The molecule has 37 heavy (non-hydrogen) atoms. The molecule has 10 heteroatoms. The minimum absolute atomic E-state index is 0.0800. The number of rotatable bonds is 11. The number of amides is 1. The molecular weight excluding hydrogens is 478 g/mol. The molecule has 1 heterocycles. The van der Waals surface area contributed by atoms with Crippen LogP contribution < -0.4 is 14.8 Å². The third-order valence-electron chi connectivity index (χ3n) is 5.77. The van der Waals surface area contributed by atoms with Gasteiger partial charge in [0.1, 0.15) is 11.5 Å². The van der Waals surface area contributed by atoms with Gasteiger partial charge in [0.05, 0.1) is 37.6 Å². The highest BCUT2D eigenvalue weighted by Gasteiger charge is 2.26. The van der Waals surface area contributed by atoms with Crippen molar-refractivity contribution in [1.29, 1.82) is 0 Å². The van der Waals surface area contributed by atoms with Crippen LogP contribution in [0.25, 0.3) is 16.9 Å². The van der Waals surface area contributed by atoms with Crippen molar-refractivity contribution < 1.29 is 33.7 Å². The average Bonchev–Trinajstić information content (AvgIpc) is 3.31. The average molecular weight is 510 g/mol. The summed E-state index contributed by atoms with van der Waals surface area (Å²) in [5.74, 6) is -1.42. The zero-order valence-electron chi connectivity index (χ0n) is 21.5. The highest BCUT2D eigenvalue weighted by molar-refractivity contribution is 5.94. The number of methoxy groups -OCH3 is 2. The van der Waals surface area contributed by atoms with Crippen molar-refractivity contribution in [3.63, 3.8) is 0 Å². The number of aliphatic carboxylic acids is 1. The van der Waals surface area contributed by atoms with Crippen LogP contribution in [0.5, 0.6) is 11.5 Å². The Kier molecular flexibility index (Phi) is 8.89. The Labute approximate surface area is 215 Å². The van der Waals surface area contributed by atoms with Crippen LogP contribution in [0.2, 0.25) is 0 Å². The van der Waals surface area contributed by atoms with Gasteiger partial charge in [0.25, 0.3) is 5.91 Å². The number of hydrogen-bond donors (Lipinski definition) is 2. The molecule has 0 aliphatic heterocycles. The van der Waals surface area contributed by atoms with Crippen LogP contribution >= 0.6 is 0 Å². The minimum atomic E-state index is -1.01. The molecule has 1 unspecified atom stereocenters. The maximum Gasteiger partial charge on any atom is 0.343 e. The molecule has 0 bridgehead atoms. The predicted octanol–water partition coefficient (Wildman–Crippen LogP) is 3.64. The number of benzene rings is 2. The minimum Gasteiger partial charge on any atom is -0.496 e. The topological polar surface area (TPSA) is 129 Å². The van der Waals surface area contributed by atoms with Crippen molar-refractivity contribution in [3.8, 4) is 28.4 Å². The van der Waals surface area contributed by atoms with E-state index in [0.717, 1.165) is 5.56 Å². The standard InChI is InChI=1S/C27H31N3O7/c1-16(2)19(14-24(31)32)28-27(34)20-13-21(30(29-20)18-11-9-17(3)10-12-18)26-22(35-4)7-6-8-23(26)37-15-25(33)36-5/h6-13,16,19H,14-15H2,1-5H3,(H,28,34)(H,31,32). The summed E-state index contributed by atoms with van der Waals surface area (Å²) in [4.78, 5) is 36.3. The third-order valence-corrected chi connectivity index (χ3v) is 5.77. The van der Waals surface area contributed by atoms with E-state index < -0.39 is 23.9 Å². The summed E-state index contributed by atoms with van der Waals surface area (Å²) in [7, 11) is 2.77. The molecule has 3 rings (SSSR count). The summed E-state index contributed by atoms with van der Waals surface area (Å²) in [6, 6.07) is 13.7. The van der Waals surface area contributed by atoms with Crippen LogP contribution in [-0.2, 0) is 14.3 Å². The summed E-state index contributed by atoms with van der Waals surface area (Å²) in [5, 5.41) is 16.6. The van der Waals surface area contributed by atoms with E-state index in [1.54, 1.807) is 28.9 Å². The van der Waals surface area contributed by atoms with Gasteiger partial charge in [-0.25, -0.2) is 9.48 Å². The largest absolute Gasteiger partial charge is 0.496 e. The van der Waals surface area contributed by atoms with Gasteiger partial charge in [-0.1, -0.05) is 37.6 Å². The van der Waals surface area contributed by atoms with Crippen LogP contribution in [0.1, 0.15) is 36.3 Å². The Morgan fingerprint density at radius 1 is 1.05 bits per heavy atom. The summed E-state index contributed by atoms with van der Waals surface area (Å²) in [6.45, 7) is 5.31. The van der Waals surface area contributed by atoms with Crippen molar-refractivity contribution in [2.45, 2.75) is 33.2 Å². The molecule has 0 fully saturated rings. The maximum absolute atomic E-state index is 13.2. The number of ether oxygens (including phenoxy) is 3. The molecule has 0 spiro atoms. The SMILES string of the molecule is COC(=O)COc1cccc(OC)c1-c1cc(C(=O)NC(CC(=O)O)C(C)C)nn1-c1ccc(C)cc1. The lowest BCUT2D eigenvalue weighted by atomic mass is 10.0. The molecule has 196 valence electrons. The van der Waals surface area contributed by atoms with Crippen molar-refractivity contribution in [1.82, 2.24) is 15.1 Å². The fourth-order valence-corrected chi connectivity index (χ4v) is 3.69. The predicted molar refractivity (Wildman–Crippen MR) is 136 cm³/mol. The first-order valence-corrected chi connectivity index (χ1v) is 11.7. The van der Waals surface area contributed by atoms with Crippen LogP contribution in [0.15, 0.2) is 48.5 Å². The Morgan fingerprint density at radius 2 is 1.73 bits per heavy atom. The lowest BCUT2D eigenvalue weighted by Gasteiger charge is -2.19. The number of aromatic nitrogens is 2. The third kappa shape index (κ3) is 6.66. The molecule has 0 saturated carbocycles. The fraction of sp³-hybridized carbons (Fsp3) is 0.333. The van der Waals surface area contributed by atoms with Crippen molar-refractivity contribution in [2.75, 3.05) is 20.8 Å². The number of hydrogen-bond acceptors (Lipinski definition) is 7. The fourth-order valence-electron chi connectivity index (χ4n) is 3.69. The number of carboxylic acid groups (broad SMARTS) is 1. The van der Waals surface area contributed by atoms with Gasteiger partial charge in [-0.3, -0.25) is 9.59 Å². The van der Waals surface area contributed by atoms with Crippen LogP contribution in [0.3, 0.4) is 0 Å². The van der Waals surface area contributed by atoms with Crippen LogP contribution in [-0.4, -0.2) is 59.6 Å². The molecule has 3 aromatic rings. The lowest BCUT2D eigenvalue weighted by Crippen LogP contribution is -2.40. The van der Waals surface area contributed by atoms with E-state index in [-0.39, 0.29) is 24.6 Å². The van der Waals surface area contributed by atoms with Crippen molar-refractivity contribution >= 4 is 17.8 Å². The molecule has 0 radical (unpaired) electrons. The summed E-state index contributed by atoms with van der Waals surface area (Å²) in [5.41, 5.74) is 2.76. The van der Waals surface area contributed by atoms with E-state index in [2.05, 4.69) is 10.4 Å². The second kappa shape index (κ2) is 12.1. The van der Waals surface area contributed by atoms with Gasteiger partial charge in [0.15, 0.2) is 12.3 Å². The number of carbonyl (C=O) groups is 3. The number of nitrogens with one attached hydrogen (secondary N) is 1. The van der Waals surface area contributed by atoms with Gasteiger partial charge in [-0.15, -0.1) is 0 Å². The Hall–Kier alpha value is -4.34. The van der Waals surface area contributed by atoms with Crippen LogP contribution in [0, 0.1) is 12.8 Å². The molecule has 0 aliphatic rings. The van der Waals surface area contributed by atoms with Gasteiger partial charge < -0.3 is 24.6 Å². The molecule has 1 aromatic heterocycles. The number of esters is 1. The second-order valence-electron chi connectivity index (χ2n) is 8.78. The number of aryl methyl sites for hydroxylation is 1. The first-order valence-electron chi connectivity index (χ1n) is 11.7. The van der Waals surface area contributed by atoms with E-state index in [9.17, 15) is 19.5 Å². The monoisotopic (exact) mass is 509 g/mol. The highest BCUT2D eigenvalue weighted by atomic mass is 16.6. The molecular formula is C27H31N3O7. The number of carbonyl (C=O) groups excluding carboxylic acids is 2. The highest BCUT2D eigenvalue weighted by Crippen LogP contribution is 2.39. The van der Waals surface area contributed by atoms with Gasteiger partial charge in [-0.05, 0) is 43.2 Å². The zero-order valence-corrected chi connectivity index (χ0v) is 21.5. The lowest BCUT2D eigenvalue weighted by molar-refractivity contribution is -0.143. The first-order chi connectivity index (χ1) is 17.6. The van der Waals surface area contributed by atoms with Gasteiger partial charge >= 0.3 is 11.9 Å². The molecule has 2 aromatic carbocycles. The van der Waals surface area contributed by atoms with Crippen LogP contribution in [0.4, 0.5) is 0 Å². The molecule has 1 amide bonds. The molecule has 10 nitrogen and oxygen atoms in total. The smallest absolute Gasteiger partial charge is 0.343 e. The van der Waals surface area contributed by atoms with Gasteiger partial charge in [0.2, 0.25) is 0 Å². The van der Waals surface area contributed by atoms with Gasteiger partial charge in [0, 0.05) is 6.04 Å². The van der Waals surface area contributed by atoms with E-state index in [4.69, 9.17) is 14.2 Å². The first kappa shape index (κ1) is 27.3. The maximum atomic E-state index is 13.2. The summed E-state index contributed by atoms with van der Waals surface area (Å²) >= 11 is 0. The summed E-state index contributed by atoms with van der Waals surface area (Å²) in [6.07, 6.45) is -0.215. The second-order valence-corrected chi connectivity index (χ2v) is 8.78. The van der Waals surface area contributed by atoms with E-state index in [0.29, 0.717) is 28.4 Å². The quantitative estimate of drug-likeness (QED) is 0.375. The molecule has 2 N–H and O–H groups in total. The Balaban J connectivity index is 2.14. The van der Waals surface area contributed by atoms with Gasteiger partial charge in [-0.2, -0.15) is 5.10 Å². The zero-order chi connectivity index (χ0) is 27.1. The number of nitrogens with zero attached hydrogens (tertiary/aromatic N) is 2. The van der Waals surface area contributed by atoms with Crippen molar-refractivity contribution in [2.24, 2.45) is 5.92 Å². The molecule has 0 aliphatic carbocycles. The van der Waals surface area contributed by atoms with E-state index >= 15 is 0 Å². The van der Waals surface area contributed by atoms with E-state index in [1.165, 1.54) is 14.2 Å². The Bertz CT molecular complexity index is 1270. The molecule has 0 saturated heterocycles. The normalized spacial score (nSPS) is 11.6.